The molecule has 6 rings (SSSR count). The van der Waals surface area contributed by atoms with E-state index in [1.54, 1.807) is 6.07 Å². The van der Waals surface area contributed by atoms with Gasteiger partial charge in [0.05, 0.1) is 0 Å². The van der Waals surface area contributed by atoms with Crippen molar-refractivity contribution >= 4 is 38.2 Å². The van der Waals surface area contributed by atoms with Crippen LogP contribution in [-0.4, -0.2) is 85.8 Å². The normalized spacial score (nSPS) is 20.7. The van der Waals surface area contributed by atoms with Crippen molar-refractivity contribution in [3.8, 4) is 11.5 Å². The van der Waals surface area contributed by atoms with Crippen LogP contribution in [0.5, 0.6) is 11.5 Å². The number of likely N-dealkylation sites (N-methyl/N-ethyl adjacent to an activating group) is 1. The molecule has 2 saturated carbocycles. The number of amides is 1. The van der Waals surface area contributed by atoms with Gasteiger partial charge in [0.25, 0.3) is 5.91 Å². The monoisotopic (exact) mass is 633 g/mol. The van der Waals surface area contributed by atoms with E-state index in [0.717, 1.165) is 12.5 Å². The minimum absolute atomic E-state index is 0.00264. The van der Waals surface area contributed by atoms with Gasteiger partial charge in [-0.2, -0.15) is 0 Å². The quantitative estimate of drug-likeness (QED) is 0.241. The van der Waals surface area contributed by atoms with E-state index in [9.17, 15) is 38.0 Å². The molecule has 3 unspecified atom stereocenters. The molecule has 0 saturated heterocycles. The molecule has 240 valence electrons. The molecule has 0 aromatic heterocycles. The van der Waals surface area contributed by atoms with Gasteiger partial charge >= 0.3 is 32.3 Å². The maximum Gasteiger partial charge on any atom is 0.526 e. The maximum absolute atomic E-state index is 14.0. The van der Waals surface area contributed by atoms with Crippen molar-refractivity contribution in [2.75, 3.05) is 27.5 Å². The Morgan fingerprint density at radius 2 is 1.27 bits per heavy atom. The second kappa shape index (κ2) is 13.7. The fourth-order valence-electron chi connectivity index (χ4n) is 5.09. The van der Waals surface area contributed by atoms with Crippen LogP contribution in [-0.2, 0) is 19.0 Å². The molecular formula is C28H31B2F2NO12. The molecule has 2 fully saturated rings. The van der Waals surface area contributed by atoms with E-state index >= 15 is 0 Å². The third-order valence-corrected chi connectivity index (χ3v) is 7.57. The first-order valence-corrected chi connectivity index (χ1v) is 14.1. The van der Waals surface area contributed by atoms with Crippen molar-refractivity contribution < 1.29 is 66.6 Å². The number of fused-ring (bicyclic) bond motifs is 6. The van der Waals surface area contributed by atoms with Gasteiger partial charge in [-0.25, -0.2) is 23.2 Å². The lowest BCUT2D eigenvalue weighted by molar-refractivity contribution is -0.132. The van der Waals surface area contributed by atoms with Crippen LogP contribution in [0, 0.1) is 11.6 Å². The fourth-order valence-corrected chi connectivity index (χ4v) is 5.09. The summed E-state index contributed by atoms with van der Waals surface area (Å²) in [4.78, 5) is 46.8. The van der Waals surface area contributed by atoms with E-state index in [1.165, 1.54) is 31.1 Å². The molecule has 2 aromatic carbocycles. The highest BCUT2D eigenvalue weighted by Crippen LogP contribution is 2.61. The Morgan fingerprint density at radius 1 is 0.822 bits per heavy atom. The molecular weight excluding hydrogens is 602 g/mol. The lowest BCUT2D eigenvalue weighted by Crippen LogP contribution is -2.30. The van der Waals surface area contributed by atoms with Gasteiger partial charge in [0.2, 0.25) is 6.79 Å². The van der Waals surface area contributed by atoms with Gasteiger partial charge in [0.1, 0.15) is 34.3 Å². The summed E-state index contributed by atoms with van der Waals surface area (Å²) in [6.45, 7) is 2.66. The van der Waals surface area contributed by atoms with Crippen LogP contribution in [0.4, 0.5) is 13.6 Å². The Hall–Kier alpha value is -4.37. The Labute approximate surface area is 257 Å². The predicted molar refractivity (Wildman–Crippen MR) is 152 cm³/mol. The molecule has 2 aliphatic heterocycles. The molecule has 2 aliphatic carbocycles. The molecule has 17 heteroatoms. The third-order valence-electron chi connectivity index (χ3n) is 7.57. The molecule has 2 heterocycles. The average molecular weight is 633 g/mol. The number of carbonyl (C=O) groups is 4. The smallest absolute Gasteiger partial charge is 0.526 e. The highest BCUT2D eigenvalue weighted by Gasteiger charge is 2.55. The lowest BCUT2D eigenvalue weighted by atomic mass is 9.77. The summed E-state index contributed by atoms with van der Waals surface area (Å²) in [5.74, 6) is -4.14. The summed E-state index contributed by atoms with van der Waals surface area (Å²) in [5.41, 5.74) is 0.500. The first-order chi connectivity index (χ1) is 21.4. The molecule has 4 atom stereocenters. The number of benzene rings is 2. The van der Waals surface area contributed by atoms with Crippen molar-refractivity contribution in [2.45, 2.75) is 50.2 Å². The zero-order valence-electron chi connectivity index (χ0n) is 24.8. The van der Waals surface area contributed by atoms with Crippen molar-refractivity contribution in [3.63, 3.8) is 0 Å². The zero-order valence-corrected chi connectivity index (χ0v) is 24.8. The third kappa shape index (κ3) is 7.14. The average Bonchev–Trinajstić information content (AvgIpc) is 3.91. The van der Waals surface area contributed by atoms with Crippen LogP contribution in [0.25, 0.3) is 0 Å². The Morgan fingerprint density at radius 3 is 1.69 bits per heavy atom. The van der Waals surface area contributed by atoms with Gasteiger partial charge in [0, 0.05) is 25.7 Å². The molecule has 4 aliphatic rings. The van der Waals surface area contributed by atoms with Crippen LogP contribution >= 0.6 is 0 Å². The van der Waals surface area contributed by atoms with Gasteiger partial charge in [-0.15, -0.1) is 0 Å². The largest absolute Gasteiger partial charge is 0.535 e. The van der Waals surface area contributed by atoms with Crippen LogP contribution in [0.2, 0.25) is 11.6 Å². The van der Waals surface area contributed by atoms with Gasteiger partial charge in [-0.3, -0.25) is 4.79 Å². The predicted octanol–water partition coefficient (Wildman–Crippen LogP) is 3.19. The summed E-state index contributed by atoms with van der Waals surface area (Å²) in [7, 11) is 0.905. The minimum Gasteiger partial charge on any atom is -0.535 e. The molecule has 45 heavy (non-hydrogen) atoms. The summed E-state index contributed by atoms with van der Waals surface area (Å²) in [5, 5.41) is 27.8. The second-order valence-electron chi connectivity index (χ2n) is 10.5. The molecule has 2 aromatic rings. The van der Waals surface area contributed by atoms with Crippen molar-refractivity contribution in [1.29, 1.82) is 0 Å². The minimum atomic E-state index is -1.62. The Balaban J connectivity index is 0.000000194. The number of carbonyl (C=O) groups excluding carboxylic acids is 3. The molecule has 0 spiro atoms. The van der Waals surface area contributed by atoms with Gasteiger partial charge in [0.15, 0.2) is 6.61 Å². The van der Waals surface area contributed by atoms with Crippen molar-refractivity contribution in [3.05, 3.63) is 58.2 Å². The van der Waals surface area contributed by atoms with Crippen LogP contribution in [0.3, 0.4) is 0 Å². The van der Waals surface area contributed by atoms with E-state index in [0.29, 0.717) is 17.5 Å². The highest BCUT2D eigenvalue weighted by atomic mass is 19.1. The maximum atomic E-state index is 14.0. The SMILES string of the molecule is CC.CN(C)C(=O)COC(=O)c1c(F)ccc2c1OB(O)C1C[C@H]21.O=C(O)OCOC(=O)c1c(F)ccc2c1OB(O)C1CC21. The standard InChI is InChI=1S/C14H15BFNO5.C12H10BFO7.C2H6/c1-17(2)11(18)6-21-14(19)12-10(16)4-3-7-8-5-9(8)15(20)22-13(7)12;14-8-2-1-5-6-3-7(6)13(18)21-10(5)9(8)11(15)19-4-20-12(16)17;1-2/h3-4,8-9,20H,5-6H2,1-2H3;1-2,6-7,18H,3-4H2,(H,16,17);1-2H3/t8-,9?;;/m1../s1. The van der Waals surface area contributed by atoms with Crippen LogP contribution in [0.1, 0.15) is 70.4 Å². The molecule has 0 radical (unpaired) electrons. The summed E-state index contributed by atoms with van der Waals surface area (Å²) in [6.07, 6.45) is -0.171. The van der Waals surface area contributed by atoms with Gasteiger partial charge in [-0.1, -0.05) is 26.0 Å². The van der Waals surface area contributed by atoms with Crippen molar-refractivity contribution in [2.24, 2.45) is 0 Å². The number of hydrogen-bond acceptors (Lipinski definition) is 11. The summed E-state index contributed by atoms with van der Waals surface area (Å²) in [6, 6.07) is 5.36. The van der Waals surface area contributed by atoms with E-state index in [-0.39, 0.29) is 40.5 Å². The Kier molecular flexibility index (Phi) is 10.2. The summed E-state index contributed by atoms with van der Waals surface area (Å²) < 4.78 is 51.8. The van der Waals surface area contributed by atoms with E-state index in [4.69, 9.17) is 19.2 Å². The van der Waals surface area contributed by atoms with Gasteiger partial charge in [-0.05, 0) is 47.9 Å². The number of rotatable bonds is 6. The number of nitrogens with zero attached hydrogens (tertiary/aromatic N) is 1. The number of halogens is 2. The highest BCUT2D eigenvalue weighted by molar-refractivity contribution is 6.48. The number of hydrogen-bond donors (Lipinski definition) is 3. The number of carboxylic acid groups (broad SMARTS) is 1. The molecule has 13 nitrogen and oxygen atoms in total. The number of esters is 2. The topological polar surface area (TPSA) is 178 Å². The lowest BCUT2D eigenvalue weighted by Gasteiger charge is -2.22. The van der Waals surface area contributed by atoms with E-state index in [1.807, 2.05) is 13.8 Å². The zero-order chi connectivity index (χ0) is 33.2. The second-order valence-corrected chi connectivity index (χ2v) is 10.5. The molecule has 1 amide bonds. The Bertz CT molecular complexity index is 1490. The van der Waals surface area contributed by atoms with E-state index < -0.39 is 68.8 Å². The fraction of sp³-hybridized carbons (Fsp3) is 0.429. The van der Waals surface area contributed by atoms with E-state index in [2.05, 4.69) is 9.47 Å². The number of ether oxygens (including phenoxy) is 3. The first-order valence-electron chi connectivity index (χ1n) is 14.1. The first kappa shape index (κ1) is 33.5. The molecule has 3 N–H and O–H groups in total. The molecule has 0 bridgehead atoms. The van der Waals surface area contributed by atoms with Crippen LogP contribution < -0.4 is 9.31 Å². The van der Waals surface area contributed by atoms with Gasteiger partial charge < -0.3 is 43.6 Å². The summed E-state index contributed by atoms with van der Waals surface area (Å²) >= 11 is 0. The van der Waals surface area contributed by atoms with Crippen molar-refractivity contribution in [1.82, 2.24) is 4.90 Å². The van der Waals surface area contributed by atoms with Crippen LogP contribution in [0.15, 0.2) is 24.3 Å².